The Bertz CT molecular complexity index is 730. The van der Waals surface area contributed by atoms with E-state index in [1.54, 1.807) is 0 Å². The molecule has 0 aromatic carbocycles. The Kier molecular flexibility index (Phi) is 6.44. The monoisotopic (exact) mass is 404 g/mol. The highest BCUT2D eigenvalue weighted by molar-refractivity contribution is 5.91. The van der Waals surface area contributed by atoms with Crippen molar-refractivity contribution in [2.45, 2.75) is 51.1 Å². The molecule has 160 valence electrons. The van der Waals surface area contributed by atoms with Crippen LogP contribution in [0.15, 0.2) is 0 Å². The maximum Gasteiger partial charge on any atom is 0.289 e. The first kappa shape index (κ1) is 20.3. The number of nitrogens with one attached hydrogen (secondary N) is 1. The van der Waals surface area contributed by atoms with Crippen molar-refractivity contribution in [1.82, 2.24) is 29.9 Å². The molecule has 3 aliphatic heterocycles. The summed E-state index contributed by atoms with van der Waals surface area (Å²) in [5.41, 5.74) is 0. The first-order valence-electron chi connectivity index (χ1n) is 10.9. The Morgan fingerprint density at radius 1 is 1.03 bits per heavy atom. The van der Waals surface area contributed by atoms with Crippen LogP contribution in [0.25, 0.3) is 0 Å². The number of amides is 2. The lowest BCUT2D eigenvalue weighted by atomic mass is 10.00. The molecule has 3 aliphatic rings. The highest BCUT2D eigenvalue weighted by Gasteiger charge is 2.31. The van der Waals surface area contributed by atoms with Gasteiger partial charge in [0, 0.05) is 45.2 Å². The molecule has 2 fully saturated rings. The van der Waals surface area contributed by atoms with Gasteiger partial charge in [-0.1, -0.05) is 6.42 Å². The zero-order chi connectivity index (χ0) is 20.2. The van der Waals surface area contributed by atoms with Gasteiger partial charge in [0.25, 0.3) is 5.91 Å². The standard InChI is InChI=1S/C20H32N6O3/c1-24-13-15(20(28)25-9-11-29-12-10-25)6-7-16(14-24)21-19(27)18-23-22-17-5-3-2-4-8-26(17)18/h15-16H,2-14H2,1H3,(H,21,27)/t15-,16+/m1/s1. The molecule has 29 heavy (non-hydrogen) atoms. The summed E-state index contributed by atoms with van der Waals surface area (Å²) in [6.45, 7) is 4.87. The number of ether oxygens (including phenoxy) is 1. The van der Waals surface area contributed by atoms with Crippen LogP contribution >= 0.6 is 0 Å². The molecule has 9 nitrogen and oxygen atoms in total. The van der Waals surface area contributed by atoms with E-state index in [2.05, 4.69) is 20.4 Å². The van der Waals surface area contributed by atoms with E-state index in [0.29, 0.717) is 32.1 Å². The molecule has 0 bridgehead atoms. The molecule has 1 aromatic rings. The number of likely N-dealkylation sites (tertiary alicyclic amines) is 1. The average Bonchev–Trinajstić information content (AvgIpc) is 2.88. The summed E-state index contributed by atoms with van der Waals surface area (Å²) >= 11 is 0. The van der Waals surface area contributed by atoms with E-state index in [0.717, 1.165) is 64.0 Å². The number of aryl methyl sites for hydroxylation is 1. The fourth-order valence-corrected chi connectivity index (χ4v) is 4.68. The number of carbonyl (C=O) groups is 2. The molecule has 9 heteroatoms. The topological polar surface area (TPSA) is 92.6 Å². The highest BCUT2D eigenvalue weighted by atomic mass is 16.5. The van der Waals surface area contributed by atoms with Crippen LogP contribution in [0.1, 0.15) is 48.5 Å². The molecular formula is C20H32N6O3. The molecule has 4 heterocycles. The van der Waals surface area contributed by atoms with Gasteiger partial charge < -0.3 is 24.4 Å². The normalized spacial score (nSPS) is 26.3. The number of hydrogen-bond acceptors (Lipinski definition) is 6. The summed E-state index contributed by atoms with van der Waals surface area (Å²) in [6.07, 6.45) is 5.78. The molecule has 0 unspecified atom stereocenters. The summed E-state index contributed by atoms with van der Waals surface area (Å²) in [6, 6.07) is 0.00807. The molecule has 1 aromatic heterocycles. The predicted octanol–water partition coefficient (Wildman–Crippen LogP) is 0.304. The molecule has 0 spiro atoms. The lowest BCUT2D eigenvalue weighted by Gasteiger charge is -2.31. The molecule has 2 saturated heterocycles. The van der Waals surface area contributed by atoms with Crippen molar-refractivity contribution < 1.29 is 14.3 Å². The van der Waals surface area contributed by atoms with Gasteiger partial charge in [-0.25, -0.2) is 0 Å². The zero-order valence-electron chi connectivity index (χ0n) is 17.3. The molecule has 0 aliphatic carbocycles. The van der Waals surface area contributed by atoms with Crippen LogP contribution in [0.2, 0.25) is 0 Å². The van der Waals surface area contributed by atoms with Crippen LogP contribution in [-0.2, 0) is 22.5 Å². The Balaban J connectivity index is 1.37. The second-order valence-corrected chi connectivity index (χ2v) is 8.51. The summed E-state index contributed by atoms with van der Waals surface area (Å²) in [7, 11) is 2.02. The number of likely N-dealkylation sites (N-methyl/N-ethyl adjacent to an activating group) is 1. The van der Waals surface area contributed by atoms with E-state index in [9.17, 15) is 9.59 Å². The molecule has 4 rings (SSSR count). The van der Waals surface area contributed by atoms with Gasteiger partial charge in [0.1, 0.15) is 5.82 Å². The van der Waals surface area contributed by atoms with Crippen molar-refractivity contribution in [3.8, 4) is 0 Å². The first-order chi connectivity index (χ1) is 14.1. The molecule has 2 amide bonds. The van der Waals surface area contributed by atoms with E-state index in [-0.39, 0.29) is 23.8 Å². The van der Waals surface area contributed by atoms with Gasteiger partial charge >= 0.3 is 0 Å². The Morgan fingerprint density at radius 2 is 1.86 bits per heavy atom. The second-order valence-electron chi connectivity index (χ2n) is 8.51. The third kappa shape index (κ3) is 4.78. The maximum absolute atomic E-state index is 12.9. The number of fused-ring (bicyclic) bond motifs is 1. The molecule has 0 saturated carbocycles. The van der Waals surface area contributed by atoms with Gasteiger partial charge in [-0.05, 0) is 32.7 Å². The summed E-state index contributed by atoms with van der Waals surface area (Å²) < 4.78 is 7.34. The van der Waals surface area contributed by atoms with Gasteiger partial charge in [-0.3, -0.25) is 9.59 Å². The van der Waals surface area contributed by atoms with Gasteiger partial charge in [0.05, 0.1) is 19.1 Å². The molecular weight excluding hydrogens is 372 g/mol. The van der Waals surface area contributed by atoms with Crippen molar-refractivity contribution in [2.24, 2.45) is 5.92 Å². The number of nitrogens with zero attached hydrogens (tertiary/aromatic N) is 5. The van der Waals surface area contributed by atoms with E-state index in [4.69, 9.17) is 4.74 Å². The Labute approximate surface area is 171 Å². The molecule has 2 atom stereocenters. The Hall–Kier alpha value is -2.00. The largest absolute Gasteiger partial charge is 0.378 e. The lowest BCUT2D eigenvalue weighted by Crippen LogP contribution is -2.46. The SMILES string of the molecule is CN1C[C@@H](NC(=O)c2nnc3n2CCCCC3)CC[C@@H](C(=O)N2CCOCC2)C1. The van der Waals surface area contributed by atoms with E-state index < -0.39 is 0 Å². The van der Waals surface area contributed by atoms with E-state index >= 15 is 0 Å². The van der Waals surface area contributed by atoms with Gasteiger partial charge in [0.15, 0.2) is 0 Å². The van der Waals surface area contributed by atoms with Gasteiger partial charge in [0.2, 0.25) is 11.7 Å². The number of hydrogen-bond donors (Lipinski definition) is 1. The van der Waals surface area contributed by atoms with Crippen LogP contribution in [-0.4, -0.2) is 88.9 Å². The smallest absolute Gasteiger partial charge is 0.289 e. The van der Waals surface area contributed by atoms with Crippen LogP contribution in [0.3, 0.4) is 0 Å². The van der Waals surface area contributed by atoms with Crippen LogP contribution < -0.4 is 5.32 Å². The van der Waals surface area contributed by atoms with Gasteiger partial charge in [-0.15, -0.1) is 10.2 Å². The number of morpholine rings is 1. The van der Waals surface area contributed by atoms with Crippen molar-refractivity contribution >= 4 is 11.8 Å². The predicted molar refractivity (Wildman–Crippen MR) is 106 cm³/mol. The maximum atomic E-state index is 12.9. The fourth-order valence-electron chi connectivity index (χ4n) is 4.68. The number of rotatable bonds is 3. The van der Waals surface area contributed by atoms with Gasteiger partial charge in [-0.2, -0.15) is 0 Å². The minimum Gasteiger partial charge on any atom is -0.378 e. The van der Waals surface area contributed by atoms with E-state index in [1.165, 1.54) is 0 Å². The molecule has 0 radical (unpaired) electrons. The average molecular weight is 405 g/mol. The van der Waals surface area contributed by atoms with Crippen molar-refractivity contribution in [2.75, 3.05) is 46.4 Å². The lowest BCUT2D eigenvalue weighted by molar-refractivity contribution is -0.140. The highest BCUT2D eigenvalue weighted by Crippen LogP contribution is 2.20. The first-order valence-corrected chi connectivity index (χ1v) is 10.9. The Morgan fingerprint density at radius 3 is 2.69 bits per heavy atom. The van der Waals surface area contributed by atoms with Crippen LogP contribution in [0.4, 0.5) is 0 Å². The zero-order valence-corrected chi connectivity index (χ0v) is 17.3. The quantitative estimate of drug-likeness (QED) is 0.779. The minimum absolute atomic E-state index is 0.00807. The van der Waals surface area contributed by atoms with Crippen molar-refractivity contribution in [1.29, 1.82) is 0 Å². The van der Waals surface area contributed by atoms with Crippen LogP contribution in [0, 0.1) is 5.92 Å². The second kappa shape index (κ2) is 9.21. The third-order valence-electron chi connectivity index (χ3n) is 6.25. The van der Waals surface area contributed by atoms with Crippen molar-refractivity contribution in [3.05, 3.63) is 11.6 Å². The summed E-state index contributed by atoms with van der Waals surface area (Å²) in [5.74, 6) is 1.39. The number of aromatic nitrogens is 3. The third-order valence-corrected chi connectivity index (χ3v) is 6.25. The number of carbonyl (C=O) groups excluding carboxylic acids is 2. The fraction of sp³-hybridized carbons (Fsp3) is 0.800. The minimum atomic E-state index is -0.151. The summed E-state index contributed by atoms with van der Waals surface area (Å²) in [4.78, 5) is 29.9. The van der Waals surface area contributed by atoms with E-state index in [1.807, 2.05) is 16.5 Å². The molecule has 1 N–H and O–H groups in total. The van der Waals surface area contributed by atoms with Crippen LogP contribution in [0.5, 0.6) is 0 Å². The van der Waals surface area contributed by atoms with Crippen molar-refractivity contribution in [3.63, 3.8) is 0 Å². The summed E-state index contributed by atoms with van der Waals surface area (Å²) in [5, 5.41) is 11.6.